The van der Waals surface area contributed by atoms with Crippen molar-refractivity contribution in [2.45, 2.75) is 52.0 Å². The summed E-state index contributed by atoms with van der Waals surface area (Å²) in [6, 6.07) is 8.63. The number of carbonyl (C=O) groups is 1. The molecule has 110 valence electrons. The highest BCUT2D eigenvalue weighted by Crippen LogP contribution is 2.29. The summed E-state index contributed by atoms with van der Waals surface area (Å²) in [4.78, 5) is 12.4. The molecule has 1 amide bonds. The molecule has 0 saturated carbocycles. The van der Waals surface area contributed by atoms with E-state index in [0.717, 1.165) is 25.1 Å². The molecule has 1 fully saturated rings. The van der Waals surface area contributed by atoms with Crippen molar-refractivity contribution in [3.63, 3.8) is 0 Å². The normalized spacial score (nSPS) is 23.4. The van der Waals surface area contributed by atoms with Crippen molar-refractivity contribution in [3.8, 4) is 0 Å². The smallest absolute Gasteiger partial charge is 0.228 e. The molecule has 1 aromatic carbocycles. The number of piperidine rings is 1. The molecule has 20 heavy (non-hydrogen) atoms. The molecule has 1 aromatic rings. The highest BCUT2D eigenvalue weighted by Gasteiger charge is 2.25. The molecule has 0 spiro atoms. The zero-order valence-electron chi connectivity index (χ0n) is 13.0. The van der Waals surface area contributed by atoms with E-state index in [1.165, 1.54) is 5.56 Å². The molecule has 1 aliphatic heterocycles. The van der Waals surface area contributed by atoms with E-state index in [1.54, 1.807) is 0 Å². The third-order valence-electron chi connectivity index (χ3n) is 4.02. The predicted octanol–water partition coefficient (Wildman–Crippen LogP) is 3.31. The Kier molecular flexibility index (Phi) is 4.48. The maximum Gasteiger partial charge on any atom is 0.228 e. The van der Waals surface area contributed by atoms with Gasteiger partial charge < -0.3 is 10.6 Å². The lowest BCUT2D eigenvalue weighted by Gasteiger charge is -2.28. The van der Waals surface area contributed by atoms with Crippen molar-refractivity contribution in [1.29, 1.82) is 0 Å². The van der Waals surface area contributed by atoms with Crippen molar-refractivity contribution in [2.75, 3.05) is 11.9 Å². The van der Waals surface area contributed by atoms with Gasteiger partial charge in [-0.25, -0.2) is 0 Å². The fraction of sp³-hybridized carbons (Fsp3) is 0.588. The van der Waals surface area contributed by atoms with Gasteiger partial charge in [0.25, 0.3) is 0 Å². The van der Waals surface area contributed by atoms with Gasteiger partial charge >= 0.3 is 0 Å². The fourth-order valence-corrected chi connectivity index (χ4v) is 2.70. The standard InChI is InChI=1S/C17H26N2O/c1-12-9-10-13(11-18-12)16(20)19-15-8-6-5-7-14(15)17(2,3)4/h5-8,12-13,18H,9-11H2,1-4H3,(H,19,20). The van der Waals surface area contributed by atoms with Crippen molar-refractivity contribution in [2.24, 2.45) is 5.92 Å². The Morgan fingerprint density at radius 2 is 1.95 bits per heavy atom. The van der Waals surface area contributed by atoms with Gasteiger partial charge in [0, 0.05) is 18.3 Å². The fourth-order valence-electron chi connectivity index (χ4n) is 2.70. The molecule has 3 heteroatoms. The number of para-hydroxylation sites is 1. The van der Waals surface area contributed by atoms with Gasteiger partial charge in [0.2, 0.25) is 5.91 Å². The van der Waals surface area contributed by atoms with E-state index in [0.29, 0.717) is 6.04 Å². The molecule has 2 atom stereocenters. The van der Waals surface area contributed by atoms with Crippen LogP contribution in [0.2, 0.25) is 0 Å². The van der Waals surface area contributed by atoms with Crippen LogP contribution in [0.4, 0.5) is 5.69 Å². The van der Waals surface area contributed by atoms with Gasteiger partial charge in [-0.2, -0.15) is 0 Å². The Morgan fingerprint density at radius 3 is 2.55 bits per heavy atom. The van der Waals surface area contributed by atoms with Crippen LogP contribution in [-0.4, -0.2) is 18.5 Å². The summed E-state index contributed by atoms with van der Waals surface area (Å²) in [7, 11) is 0. The van der Waals surface area contributed by atoms with E-state index in [9.17, 15) is 4.79 Å². The van der Waals surface area contributed by atoms with Crippen LogP contribution in [0.1, 0.15) is 46.1 Å². The van der Waals surface area contributed by atoms with Crippen LogP contribution in [0.15, 0.2) is 24.3 Å². The molecule has 0 bridgehead atoms. The Balaban J connectivity index is 2.08. The molecule has 2 unspecified atom stereocenters. The van der Waals surface area contributed by atoms with Gasteiger partial charge in [-0.15, -0.1) is 0 Å². The molecule has 2 rings (SSSR count). The number of nitrogens with one attached hydrogen (secondary N) is 2. The molecule has 1 aliphatic rings. The molecule has 1 heterocycles. The van der Waals surface area contributed by atoms with Gasteiger partial charge in [0.15, 0.2) is 0 Å². The van der Waals surface area contributed by atoms with Crippen molar-refractivity contribution in [1.82, 2.24) is 5.32 Å². The van der Waals surface area contributed by atoms with Crippen molar-refractivity contribution >= 4 is 11.6 Å². The summed E-state index contributed by atoms with van der Waals surface area (Å²) in [5.74, 6) is 0.223. The summed E-state index contributed by atoms with van der Waals surface area (Å²) in [6.07, 6.45) is 2.04. The van der Waals surface area contributed by atoms with Gasteiger partial charge in [0.1, 0.15) is 0 Å². The minimum absolute atomic E-state index is 0.0310. The largest absolute Gasteiger partial charge is 0.326 e. The van der Waals surface area contributed by atoms with Crippen LogP contribution in [0.3, 0.4) is 0 Å². The molecule has 0 radical (unpaired) electrons. The molecule has 2 N–H and O–H groups in total. The number of rotatable bonds is 2. The first-order valence-corrected chi connectivity index (χ1v) is 7.51. The lowest BCUT2D eigenvalue weighted by atomic mass is 9.85. The van der Waals surface area contributed by atoms with Gasteiger partial charge in [-0.1, -0.05) is 39.0 Å². The Labute approximate surface area is 122 Å². The summed E-state index contributed by atoms with van der Waals surface area (Å²) in [5.41, 5.74) is 2.16. The Hall–Kier alpha value is -1.35. The molecular weight excluding hydrogens is 248 g/mol. The molecule has 0 aliphatic carbocycles. The van der Waals surface area contributed by atoms with Crippen LogP contribution < -0.4 is 10.6 Å². The van der Waals surface area contributed by atoms with E-state index >= 15 is 0 Å². The zero-order chi connectivity index (χ0) is 14.8. The number of anilines is 1. The molecule has 1 saturated heterocycles. The van der Waals surface area contributed by atoms with E-state index in [2.05, 4.69) is 44.4 Å². The van der Waals surface area contributed by atoms with Crippen molar-refractivity contribution < 1.29 is 4.79 Å². The monoisotopic (exact) mass is 274 g/mol. The first kappa shape index (κ1) is 15.0. The lowest BCUT2D eigenvalue weighted by Crippen LogP contribution is -2.42. The van der Waals surface area contributed by atoms with E-state index in [1.807, 2.05) is 18.2 Å². The third kappa shape index (κ3) is 3.60. The van der Waals surface area contributed by atoms with Crippen LogP contribution in [-0.2, 0) is 10.2 Å². The highest BCUT2D eigenvalue weighted by molar-refractivity contribution is 5.93. The number of hydrogen-bond acceptors (Lipinski definition) is 2. The quantitative estimate of drug-likeness (QED) is 0.868. The van der Waals surface area contributed by atoms with Gasteiger partial charge in [-0.05, 0) is 36.8 Å². The Morgan fingerprint density at radius 1 is 1.25 bits per heavy atom. The maximum absolute atomic E-state index is 12.4. The minimum atomic E-state index is 0.0310. The number of carbonyl (C=O) groups excluding carboxylic acids is 1. The summed E-state index contributed by atoms with van der Waals surface area (Å²) >= 11 is 0. The van der Waals surface area contributed by atoms with E-state index in [4.69, 9.17) is 0 Å². The van der Waals surface area contributed by atoms with Gasteiger partial charge in [-0.3, -0.25) is 4.79 Å². The second kappa shape index (κ2) is 5.96. The number of amides is 1. The second-order valence-corrected chi connectivity index (χ2v) is 6.87. The van der Waals surface area contributed by atoms with E-state index < -0.39 is 0 Å². The average Bonchev–Trinajstić information content (AvgIpc) is 2.38. The first-order valence-electron chi connectivity index (χ1n) is 7.51. The average molecular weight is 274 g/mol. The number of hydrogen-bond donors (Lipinski definition) is 2. The topological polar surface area (TPSA) is 41.1 Å². The molecular formula is C17H26N2O. The first-order chi connectivity index (χ1) is 9.38. The SMILES string of the molecule is CC1CCC(C(=O)Nc2ccccc2C(C)(C)C)CN1. The predicted molar refractivity (Wildman–Crippen MR) is 84.0 cm³/mol. The molecule has 3 nitrogen and oxygen atoms in total. The lowest BCUT2D eigenvalue weighted by molar-refractivity contribution is -0.120. The van der Waals surface area contributed by atoms with Crippen molar-refractivity contribution in [3.05, 3.63) is 29.8 Å². The molecule has 0 aromatic heterocycles. The third-order valence-corrected chi connectivity index (χ3v) is 4.02. The summed E-state index contributed by atoms with van der Waals surface area (Å²) in [6.45, 7) is 9.46. The van der Waals surface area contributed by atoms with Crippen LogP contribution >= 0.6 is 0 Å². The maximum atomic E-state index is 12.4. The number of benzene rings is 1. The highest BCUT2D eigenvalue weighted by atomic mass is 16.1. The minimum Gasteiger partial charge on any atom is -0.326 e. The summed E-state index contributed by atoms with van der Waals surface area (Å²) in [5, 5.41) is 6.51. The second-order valence-electron chi connectivity index (χ2n) is 6.87. The van der Waals surface area contributed by atoms with Crippen LogP contribution in [0.25, 0.3) is 0 Å². The summed E-state index contributed by atoms with van der Waals surface area (Å²) < 4.78 is 0. The van der Waals surface area contributed by atoms with Gasteiger partial charge in [0.05, 0.1) is 5.92 Å². The van der Waals surface area contributed by atoms with Crippen LogP contribution in [0.5, 0.6) is 0 Å². The van der Waals surface area contributed by atoms with E-state index in [-0.39, 0.29) is 17.2 Å². The zero-order valence-corrected chi connectivity index (χ0v) is 13.0. The Bertz CT molecular complexity index is 468. The van der Waals surface area contributed by atoms with Crippen LogP contribution in [0, 0.1) is 5.92 Å².